The second-order valence-corrected chi connectivity index (χ2v) is 5.25. The highest BCUT2D eigenvalue weighted by Gasteiger charge is 2.28. The Balaban J connectivity index is 2.85. The van der Waals surface area contributed by atoms with Crippen molar-refractivity contribution in [2.75, 3.05) is 0 Å². The first-order valence-electron chi connectivity index (χ1n) is 7.45. The minimum absolute atomic E-state index is 0.768. The Hall–Kier alpha value is -1.04. The van der Waals surface area contributed by atoms with Crippen molar-refractivity contribution in [1.29, 1.82) is 0 Å². The van der Waals surface area contributed by atoms with Crippen molar-refractivity contribution in [3.63, 3.8) is 0 Å². The zero-order valence-electron chi connectivity index (χ0n) is 12.2. The smallest absolute Gasteiger partial charge is 0.0156 e. The fraction of sp³-hybridized carbons (Fsp3) is 0.556. The standard InChI is InChI=1S/C18H28/c1-5-8-11-15(4)17(12-9-6-2)18(10-7-3)16-13-14-16/h7,10,12,16H,3-6,8-9,11,13-14H2,1-2H3/b17-12-,18-10-. The van der Waals surface area contributed by atoms with E-state index in [2.05, 4.69) is 39.2 Å². The maximum Gasteiger partial charge on any atom is -0.0156 e. The SMILES string of the molecule is C=C/C=C(\C(=C/CCC)C(=C)CCCC)C1CC1. The first-order chi connectivity index (χ1) is 8.74. The molecule has 0 aromatic heterocycles. The van der Waals surface area contributed by atoms with Crippen LogP contribution < -0.4 is 0 Å². The highest BCUT2D eigenvalue weighted by atomic mass is 14.3. The summed E-state index contributed by atoms with van der Waals surface area (Å²) in [7, 11) is 0. The van der Waals surface area contributed by atoms with Gasteiger partial charge < -0.3 is 0 Å². The Morgan fingerprint density at radius 2 is 1.94 bits per heavy atom. The van der Waals surface area contributed by atoms with Gasteiger partial charge in [0.1, 0.15) is 0 Å². The normalized spacial score (nSPS) is 16.8. The lowest BCUT2D eigenvalue weighted by Gasteiger charge is -2.14. The molecule has 0 bridgehead atoms. The van der Waals surface area contributed by atoms with Crippen LogP contribution in [0.2, 0.25) is 0 Å². The third-order valence-electron chi connectivity index (χ3n) is 3.48. The van der Waals surface area contributed by atoms with Crippen molar-refractivity contribution in [2.24, 2.45) is 5.92 Å². The van der Waals surface area contributed by atoms with Crippen molar-refractivity contribution >= 4 is 0 Å². The summed E-state index contributed by atoms with van der Waals surface area (Å²) in [6, 6.07) is 0. The molecular formula is C18H28. The number of hydrogen-bond donors (Lipinski definition) is 0. The van der Waals surface area contributed by atoms with E-state index in [0.29, 0.717) is 0 Å². The molecular weight excluding hydrogens is 216 g/mol. The number of rotatable bonds is 9. The van der Waals surface area contributed by atoms with Crippen molar-refractivity contribution in [3.8, 4) is 0 Å². The molecule has 0 heteroatoms. The Morgan fingerprint density at radius 3 is 2.44 bits per heavy atom. The van der Waals surface area contributed by atoms with E-state index in [1.807, 2.05) is 6.08 Å². The lowest BCUT2D eigenvalue weighted by Crippen LogP contribution is -1.97. The molecule has 1 aliphatic rings. The summed E-state index contributed by atoms with van der Waals surface area (Å²) in [5.74, 6) is 0.768. The predicted molar refractivity (Wildman–Crippen MR) is 82.7 cm³/mol. The zero-order valence-corrected chi connectivity index (χ0v) is 12.2. The van der Waals surface area contributed by atoms with Crippen molar-refractivity contribution < 1.29 is 0 Å². The second kappa shape index (κ2) is 8.13. The monoisotopic (exact) mass is 244 g/mol. The first-order valence-corrected chi connectivity index (χ1v) is 7.45. The van der Waals surface area contributed by atoms with Crippen molar-refractivity contribution in [3.05, 3.63) is 48.1 Å². The maximum absolute atomic E-state index is 4.32. The van der Waals surface area contributed by atoms with Gasteiger partial charge in [0.15, 0.2) is 0 Å². The van der Waals surface area contributed by atoms with E-state index < -0.39 is 0 Å². The molecule has 1 aliphatic carbocycles. The lowest BCUT2D eigenvalue weighted by molar-refractivity contribution is 0.789. The van der Waals surface area contributed by atoms with Crippen LogP contribution in [0.4, 0.5) is 0 Å². The minimum Gasteiger partial charge on any atom is -0.0991 e. The molecule has 0 amide bonds. The van der Waals surface area contributed by atoms with Gasteiger partial charge in [-0.15, -0.1) is 0 Å². The molecule has 0 atom stereocenters. The topological polar surface area (TPSA) is 0 Å². The van der Waals surface area contributed by atoms with E-state index in [9.17, 15) is 0 Å². The third kappa shape index (κ3) is 4.68. The molecule has 18 heavy (non-hydrogen) atoms. The molecule has 0 aromatic carbocycles. The van der Waals surface area contributed by atoms with E-state index in [1.54, 1.807) is 0 Å². The van der Waals surface area contributed by atoms with Crippen LogP contribution in [-0.4, -0.2) is 0 Å². The number of unbranched alkanes of at least 4 members (excludes halogenated alkanes) is 2. The van der Waals surface area contributed by atoms with Crippen LogP contribution in [0.25, 0.3) is 0 Å². The molecule has 0 spiro atoms. The average Bonchev–Trinajstić information content (AvgIpc) is 3.19. The molecule has 1 saturated carbocycles. The molecule has 0 aromatic rings. The van der Waals surface area contributed by atoms with Gasteiger partial charge in [0.25, 0.3) is 0 Å². The van der Waals surface area contributed by atoms with E-state index in [1.165, 1.54) is 48.8 Å². The van der Waals surface area contributed by atoms with Crippen LogP contribution in [0.3, 0.4) is 0 Å². The summed E-state index contributed by atoms with van der Waals surface area (Å²) in [5.41, 5.74) is 4.23. The Bertz CT molecular complexity index is 337. The van der Waals surface area contributed by atoms with E-state index >= 15 is 0 Å². The van der Waals surface area contributed by atoms with Gasteiger partial charge in [-0.1, -0.05) is 58.1 Å². The molecule has 0 aliphatic heterocycles. The van der Waals surface area contributed by atoms with Crippen molar-refractivity contribution in [1.82, 2.24) is 0 Å². The highest BCUT2D eigenvalue weighted by Crippen LogP contribution is 2.42. The summed E-state index contributed by atoms with van der Waals surface area (Å²) in [4.78, 5) is 0. The third-order valence-corrected chi connectivity index (χ3v) is 3.48. The number of hydrogen-bond acceptors (Lipinski definition) is 0. The van der Waals surface area contributed by atoms with Gasteiger partial charge in [0.05, 0.1) is 0 Å². The number of allylic oxidation sites excluding steroid dienone is 6. The van der Waals surface area contributed by atoms with Gasteiger partial charge in [-0.2, -0.15) is 0 Å². The molecule has 0 nitrogen and oxygen atoms in total. The summed E-state index contributed by atoms with van der Waals surface area (Å²) in [6.07, 6.45) is 15.2. The lowest BCUT2D eigenvalue weighted by atomic mass is 9.91. The largest absolute Gasteiger partial charge is 0.0991 e. The Labute approximate surface area is 113 Å². The summed E-state index contributed by atoms with van der Waals surface area (Å²) in [5, 5.41) is 0. The predicted octanol–water partition coefficient (Wildman–Crippen LogP) is 5.98. The van der Waals surface area contributed by atoms with Gasteiger partial charge in [-0.25, -0.2) is 0 Å². The molecule has 1 fully saturated rings. The summed E-state index contributed by atoms with van der Waals surface area (Å²) >= 11 is 0. The Morgan fingerprint density at radius 1 is 1.22 bits per heavy atom. The van der Waals surface area contributed by atoms with E-state index in [0.717, 1.165) is 18.8 Å². The highest BCUT2D eigenvalue weighted by molar-refractivity contribution is 5.49. The van der Waals surface area contributed by atoms with E-state index in [-0.39, 0.29) is 0 Å². The van der Waals surface area contributed by atoms with Crippen LogP contribution in [0.5, 0.6) is 0 Å². The molecule has 100 valence electrons. The van der Waals surface area contributed by atoms with Gasteiger partial charge in [0, 0.05) is 0 Å². The van der Waals surface area contributed by atoms with Crippen LogP contribution in [-0.2, 0) is 0 Å². The Kier molecular flexibility index (Phi) is 6.78. The molecule has 1 rings (SSSR count). The van der Waals surface area contributed by atoms with Crippen LogP contribution in [0, 0.1) is 5.92 Å². The van der Waals surface area contributed by atoms with Gasteiger partial charge >= 0.3 is 0 Å². The van der Waals surface area contributed by atoms with Crippen molar-refractivity contribution in [2.45, 2.75) is 58.8 Å². The van der Waals surface area contributed by atoms with Gasteiger partial charge in [0.2, 0.25) is 0 Å². The molecule has 0 radical (unpaired) electrons. The quantitative estimate of drug-likeness (QED) is 0.437. The maximum atomic E-state index is 4.32. The molecule has 0 N–H and O–H groups in total. The molecule has 0 unspecified atom stereocenters. The minimum atomic E-state index is 0.768. The van der Waals surface area contributed by atoms with E-state index in [4.69, 9.17) is 0 Å². The zero-order chi connectivity index (χ0) is 13.4. The second-order valence-electron chi connectivity index (χ2n) is 5.25. The molecule has 0 heterocycles. The molecule has 0 saturated heterocycles. The summed E-state index contributed by atoms with van der Waals surface area (Å²) < 4.78 is 0. The summed E-state index contributed by atoms with van der Waals surface area (Å²) in [6.45, 7) is 12.7. The van der Waals surface area contributed by atoms with Crippen LogP contribution in [0.15, 0.2) is 48.1 Å². The fourth-order valence-corrected chi connectivity index (χ4v) is 2.25. The first kappa shape index (κ1) is 15.0. The van der Waals surface area contributed by atoms with Crippen LogP contribution >= 0.6 is 0 Å². The van der Waals surface area contributed by atoms with Gasteiger partial charge in [-0.05, 0) is 54.7 Å². The average molecular weight is 244 g/mol. The fourth-order valence-electron chi connectivity index (χ4n) is 2.25. The van der Waals surface area contributed by atoms with Crippen LogP contribution in [0.1, 0.15) is 58.8 Å². The van der Waals surface area contributed by atoms with Gasteiger partial charge in [-0.3, -0.25) is 0 Å².